The maximum absolute atomic E-state index is 10.3. The van der Waals surface area contributed by atoms with Crippen molar-refractivity contribution in [2.45, 2.75) is 19.8 Å². The fourth-order valence-corrected chi connectivity index (χ4v) is 0.945. The second kappa shape index (κ2) is 4.69. The van der Waals surface area contributed by atoms with Gasteiger partial charge in [-0.05, 0) is 6.42 Å². The second-order valence-electron chi connectivity index (χ2n) is 3.44. The van der Waals surface area contributed by atoms with Crippen LogP contribution in [-0.4, -0.2) is 38.3 Å². The molecular weight excluding hydrogens is 126 g/mol. The Morgan fingerprint density at radius 2 is 1.80 bits per heavy atom. The Balaban J connectivity index is 3.42. The average molecular weight is 145 g/mol. The van der Waals surface area contributed by atoms with Crippen LogP contribution in [-0.2, 0) is 0 Å². The van der Waals surface area contributed by atoms with Crippen molar-refractivity contribution >= 4 is 0 Å². The van der Waals surface area contributed by atoms with Gasteiger partial charge in [-0.2, -0.15) is 0 Å². The van der Waals surface area contributed by atoms with Gasteiger partial charge in [-0.15, -0.1) is 0 Å². The molecule has 0 saturated carbocycles. The fraction of sp³-hybridized carbons (Fsp3) is 1.00. The number of likely N-dealkylation sites (N-methyl/N-ethyl adjacent to an activating group) is 1. The Labute approximate surface area is 64.1 Å². The molecule has 2 heteroatoms. The molecule has 0 atom stereocenters. The van der Waals surface area contributed by atoms with Crippen molar-refractivity contribution in [3.05, 3.63) is 0 Å². The van der Waals surface area contributed by atoms with Gasteiger partial charge in [-0.25, -0.2) is 0 Å². The monoisotopic (exact) mass is 145 g/mol. The smallest absolute Gasteiger partial charge is 0.0782 e. The average Bonchev–Trinajstić information content (AvgIpc) is 1.84. The summed E-state index contributed by atoms with van der Waals surface area (Å²) >= 11 is 0. The van der Waals surface area contributed by atoms with Gasteiger partial charge in [0, 0.05) is 0 Å². The summed E-state index contributed by atoms with van der Waals surface area (Å²) in [6, 6.07) is 0. The molecule has 0 N–H and O–H groups in total. The zero-order valence-electron chi connectivity index (χ0n) is 7.39. The van der Waals surface area contributed by atoms with E-state index < -0.39 is 0 Å². The minimum absolute atomic E-state index is 0.0523. The van der Waals surface area contributed by atoms with E-state index in [1.165, 1.54) is 12.8 Å². The van der Waals surface area contributed by atoms with Crippen LogP contribution in [0.5, 0.6) is 0 Å². The first-order valence-electron chi connectivity index (χ1n) is 4.02. The van der Waals surface area contributed by atoms with Crippen LogP contribution in [0.1, 0.15) is 19.8 Å². The van der Waals surface area contributed by atoms with Crippen LogP contribution in [0.4, 0.5) is 0 Å². The number of hydrogen-bond donors (Lipinski definition) is 0. The lowest BCUT2D eigenvalue weighted by Crippen LogP contribution is -2.44. The van der Waals surface area contributed by atoms with Gasteiger partial charge in [0.15, 0.2) is 0 Å². The molecule has 10 heavy (non-hydrogen) atoms. The molecule has 0 bridgehead atoms. The molecule has 0 saturated heterocycles. The van der Waals surface area contributed by atoms with Gasteiger partial charge in [-0.3, -0.25) is 0 Å². The highest BCUT2D eigenvalue weighted by Crippen LogP contribution is 1.99. The molecule has 0 aromatic rings. The Morgan fingerprint density at radius 3 is 2.20 bits per heavy atom. The van der Waals surface area contributed by atoms with Gasteiger partial charge in [0.2, 0.25) is 0 Å². The molecule has 0 aromatic carbocycles. The molecule has 0 aliphatic rings. The molecule has 62 valence electrons. The van der Waals surface area contributed by atoms with Crippen LogP contribution >= 0.6 is 0 Å². The van der Waals surface area contributed by atoms with Crippen molar-refractivity contribution in [1.29, 1.82) is 0 Å². The molecular formula is C8H19NO. The molecule has 0 aliphatic heterocycles. The standard InChI is InChI=1S/C8H19NO/c1-4-5-6-9(2,3)7-8-10/h4-8H2,1-3H3. The van der Waals surface area contributed by atoms with Crippen LogP contribution < -0.4 is 5.11 Å². The zero-order valence-corrected chi connectivity index (χ0v) is 7.39. The van der Waals surface area contributed by atoms with E-state index in [0.717, 1.165) is 17.6 Å². The summed E-state index contributed by atoms with van der Waals surface area (Å²) in [5.41, 5.74) is 0. The topological polar surface area (TPSA) is 23.1 Å². The third kappa shape index (κ3) is 4.77. The molecule has 0 heterocycles. The highest BCUT2D eigenvalue weighted by atomic mass is 16.3. The summed E-state index contributed by atoms with van der Waals surface area (Å²) in [7, 11) is 4.24. The summed E-state index contributed by atoms with van der Waals surface area (Å²) in [6.07, 6.45) is 2.45. The molecule has 0 amide bonds. The SMILES string of the molecule is CCCC[N+](C)(C)CC[O-]. The number of unbranched alkanes of at least 4 members (excludes halogenated alkanes) is 1. The maximum atomic E-state index is 10.3. The quantitative estimate of drug-likeness (QED) is 0.508. The van der Waals surface area contributed by atoms with Crippen molar-refractivity contribution in [3.8, 4) is 0 Å². The minimum atomic E-state index is 0.0523. The van der Waals surface area contributed by atoms with E-state index in [9.17, 15) is 5.11 Å². The van der Waals surface area contributed by atoms with Crippen LogP contribution in [0.15, 0.2) is 0 Å². The maximum Gasteiger partial charge on any atom is 0.0782 e. The molecule has 2 nitrogen and oxygen atoms in total. The van der Waals surface area contributed by atoms with Gasteiger partial charge in [0.25, 0.3) is 0 Å². The lowest BCUT2D eigenvalue weighted by atomic mass is 10.3. The highest BCUT2D eigenvalue weighted by molar-refractivity contribution is 4.34. The molecule has 0 radical (unpaired) electrons. The molecule has 0 aliphatic carbocycles. The molecule has 0 fully saturated rings. The fourth-order valence-electron chi connectivity index (χ4n) is 0.945. The number of rotatable bonds is 5. The third-order valence-electron chi connectivity index (χ3n) is 1.81. The zero-order chi connectivity index (χ0) is 8.04. The van der Waals surface area contributed by atoms with E-state index in [2.05, 4.69) is 21.0 Å². The molecule has 0 rings (SSSR count). The first kappa shape index (κ1) is 9.92. The van der Waals surface area contributed by atoms with Crippen molar-refractivity contribution in [3.63, 3.8) is 0 Å². The third-order valence-corrected chi connectivity index (χ3v) is 1.81. The lowest BCUT2D eigenvalue weighted by molar-refractivity contribution is -0.895. The summed E-state index contributed by atoms with van der Waals surface area (Å²) < 4.78 is 0.886. The van der Waals surface area contributed by atoms with Crippen molar-refractivity contribution in [2.75, 3.05) is 33.8 Å². The largest absolute Gasteiger partial charge is 0.850 e. The highest BCUT2D eigenvalue weighted by Gasteiger charge is 2.09. The predicted octanol–water partition coefficient (Wildman–Crippen LogP) is 0.223. The van der Waals surface area contributed by atoms with Crippen molar-refractivity contribution in [1.82, 2.24) is 0 Å². The van der Waals surface area contributed by atoms with E-state index in [1.54, 1.807) is 0 Å². The van der Waals surface area contributed by atoms with Crippen molar-refractivity contribution < 1.29 is 9.59 Å². The Hall–Kier alpha value is -0.0800. The molecule has 0 spiro atoms. The van der Waals surface area contributed by atoms with Gasteiger partial charge >= 0.3 is 0 Å². The first-order chi connectivity index (χ1) is 4.62. The number of quaternary nitrogens is 1. The summed E-state index contributed by atoms with van der Waals surface area (Å²) in [5.74, 6) is 0. The summed E-state index contributed by atoms with van der Waals surface area (Å²) in [5, 5.41) is 10.3. The van der Waals surface area contributed by atoms with Crippen LogP contribution in [0.25, 0.3) is 0 Å². The van der Waals surface area contributed by atoms with Gasteiger partial charge < -0.3 is 9.59 Å². The van der Waals surface area contributed by atoms with Crippen LogP contribution in [0.2, 0.25) is 0 Å². The molecule has 0 aromatic heterocycles. The Kier molecular flexibility index (Phi) is 4.65. The second-order valence-corrected chi connectivity index (χ2v) is 3.44. The number of nitrogens with zero attached hydrogens (tertiary/aromatic N) is 1. The van der Waals surface area contributed by atoms with E-state index in [1.807, 2.05) is 0 Å². The van der Waals surface area contributed by atoms with E-state index in [0.29, 0.717) is 0 Å². The predicted molar refractivity (Wildman–Crippen MR) is 41.6 cm³/mol. The normalized spacial score (nSPS) is 12.0. The van der Waals surface area contributed by atoms with Gasteiger partial charge in [0.05, 0.1) is 27.2 Å². The van der Waals surface area contributed by atoms with E-state index in [4.69, 9.17) is 0 Å². The van der Waals surface area contributed by atoms with Gasteiger partial charge in [0.1, 0.15) is 0 Å². The first-order valence-corrected chi connectivity index (χ1v) is 4.02. The lowest BCUT2D eigenvalue weighted by Gasteiger charge is -2.30. The number of hydrogen-bond acceptors (Lipinski definition) is 1. The summed E-state index contributed by atoms with van der Waals surface area (Å²) in [6.45, 7) is 4.13. The van der Waals surface area contributed by atoms with Crippen molar-refractivity contribution in [2.24, 2.45) is 0 Å². The van der Waals surface area contributed by atoms with Crippen LogP contribution in [0, 0.1) is 0 Å². The molecule has 0 unspecified atom stereocenters. The van der Waals surface area contributed by atoms with E-state index >= 15 is 0 Å². The van der Waals surface area contributed by atoms with Gasteiger partial charge in [-0.1, -0.05) is 20.0 Å². The summed E-state index contributed by atoms with van der Waals surface area (Å²) in [4.78, 5) is 0. The minimum Gasteiger partial charge on any atom is -0.850 e. The Morgan fingerprint density at radius 1 is 1.20 bits per heavy atom. The van der Waals surface area contributed by atoms with E-state index in [-0.39, 0.29) is 6.61 Å². The van der Waals surface area contributed by atoms with Crippen LogP contribution in [0.3, 0.4) is 0 Å². The Bertz CT molecular complexity index is 81.3.